The molecular weight excluding hydrogens is 262 g/mol. The van der Waals surface area contributed by atoms with Gasteiger partial charge in [0.25, 0.3) is 0 Å². The molecular formula is C10H17NO6S. The first-order chi connectivity index (χ1) is 8.29. The van der Waals surface area contributed by atoms with Crippen LogP contribution >= 0.6 is 0 Å². The zero-order valence-corrected chi connectivity index (χ0v) is 10.9. The van der Waals surface area contributed by atoms with Gasteiger partial charge in [-0.15, -0.1) is 0 Å². The molecule has 0 spiro atoms. The van der Waals surface area contributed by atoms with Crippen molar-refractivity contribution in [3.8, 4) is 0 Å². The van der Waals surface area contributed by atoms with E-state index >= 15 is 0 Å². The molecule has 0 aromatic carbocycles. The number of rotatable bonds is 6. The van der Waals surface area contributed by atoms with Crippen LogP contribution < -0.4 is 5.32 Å². The van der Waals surface area contributed by atoms with E-state index in [2.05, 4.69) is 5.32 Å². The standard InChI is InChI=1S/C10H17NO6S/c1-18(15,16)5-3-8(10(13)14)11-9(12)7-2-4-17-6-7/h7-8H,2-6H2,1H3,(H,11,12)(H,13,14). The zero-order valence-electron chi connectivity index (χ0n) is 10.1. The Morgan fingerprint density at radius 2 is 2.17 bits per heavy atom. The minimum Gasteiger partial charge on any atom is -0.480 e. The third kappa shape index (κ3) is 5.01. The minimum absolute atomic E-state index is 0.131. The van der Waals surface area contributed by atoms with Crippen LogP contribution in [0.25, 0.3) is 0 Å². The lowest BCUT2D eigenvalue weighted by atomic mass is 10.1. The van der Waals surface area contributed by atoms with Crippen molar-refractivity contribution in [2.24, 2.45) is 5.92 Å². The third-order valence-electron chi connectivity index (χ3n) is 2.69. The molecule has 1 saturated heterocycles. The van der Waals surface area contributed by atoms with E-state index in [0.717, 1.165) is 6.26 Å². The first-order valence-electron chi connectivity index (χ1n) is 5.58. The van der Waals surface area contributed by atoms with Gasteiger partial charge in [0, 0.05) is 12.9 Å². The molecule has 0 aromatic rings. The van der Waals surface area contributed by atoms with Gasteiger partial charge < -0.3 is 15.2 Å². The quantitative estimate of drug-likeness (QED) is 0.647. The van der Waals surface area contributed by atoms with Crippen LogP contribution in [0.15, 0.2) is 0 Å². The summed E-state index contributed by atoms with van der Waals surface area (Å²) in [5, 5.41) is 11.3. The molecule has 7 nitrogen and oxygen atoms in total. The molecule has 1 aliphatic rings. The van der Waals surface area contributed by atoms with Crippen molar-refractivity contribution in [3.05, 3.63) is 0 Å². The summed E-state index contributed by atoms with van der Waals surface area (Å²) in [6.45, 7) is 0.767. The molecule has 0 aliphatic carbocycles. The van der Waals surface area contributed by atoms with E-state index in [1.165, 1.54) is 0 Å². The monoisotopic (exact) mass is 279 g/mol. The summed E-state index contributed by atoms with van der Waals surface area (Å²) in [7, 11) is -3.25. The minimum atomic E-state index is -3.25. The molecule has 2 unspecified atom stereocenters. The zero-order chi connectivity index (χ0) is 13.8. The van der Waals surface area contributed by atoms with Gasteiger partial charge >= 0.3 is 5.97 Å². The summed E-state index contributed by atoms with van der Waals surface area (Å²) < 4.78 is 27.0. The van der Waals surface area contributed by atoms with Gasteiger partial charge in [0.15, 0.2) is 0 Å². The van der Waals surface area contributed by atoms with Gasteiger partial charge in [-0.05, 0) is 12.8 Å². The van der Waals surface area contributed by atoms with E-state index < -0.39 is 27.8 Å². The number of carboxylic acids is 1. The van der Waals surface area contributed by atoms with Gasteiger partial charge in [0.1, 0.15) is 15.9 Å². The van der Waals surface area contributed by atoms with Crippen LogP contribution in [0.2, 0.25) is 0 Å². The van der Waals surface area contributed by atoms with Crippen molar-refractivity contribution < 1.29 is 27.9 Å². The predicted octanol–water partition coefficient (Wildman–Crippen LogP) is -0.973. The fourth-order valence-electron chi connectivity index (χ4n) is 1.62. The largest absolute Gasteiger partial charge is 0.480 e. The molecule has 2 atom stereocenters. The molecule has 1 aliphatic heterocycles. The van der Waals surface area contributed by atoms with Crippen LogP contribution in [-0.2, 0) is 24.2 Å². The molecule has 1 amide bonds. The maximum atomic E-state index is 11.7. The van der Waals surface area contributed by atoms with Crippen LogP contribution in [0, 0.1) is 5.92 Å². The Kier molecular flexibility index (Phi) is 5.09. The second-order valence-corrected chi connectivity index (χ2v) is 6.64. The summed E-state index contributed by atoms with van der Waals surface area (Å²) in [4.78, 5) is 22.6. The highest BCUT2D eigenvalue weighted by Crippen LogP contribution is 2.12. The lowest BCUT2D eigenvalue weighted by Gasteiger charge is -2.16. The van der Waals surface area contributed by atoms with E-state index in [-0.39, 0.29) is 24.7 Å². The van der Waals surface area contributed by atoms with Gasteiger partial charge in [-0.3, -0.25) is 4.79 Å². The van der Waals surface area contributed by atoms with E-state index in [9.17, 15) is 18.0 Å². The Labute approximate surface area is 105 Å². The Morgan fingerprint density at radius 1 is 1.50 bits per heavy atom. The Morgan fingerprint density at radius 3 is 2.61 bits per heavy atom. The number of nitrogens with one attached hydrogen (secondary N) is 1. The van der Waals surface area contributed by atoms with Gasteiger partial charge in [-0.2, -0.15) is 0 Å². The molecule has 1 fully saturated rings. The highest BCUT2D eigenvalue weighted by molar-refractivity contribution is 7.90. The summed E-state index contributed by atoms with van der Waals surface area (Å²) in [5.41, 5.74) is 0. The van der Waals surface area contributed by atoms with Crippen LogP contribution in [0.4, 0.5) is 0 Å². The summed E-state index contributed by atoms with van der Waals surface area (Å²) in [6, 6.07) is -1.17. The number of amides is 1. The highest BCUT2D eigenvalue weighted by atomic mass is 32.2. The van der Waals surface area contributed by atoms with Gasteiger partial charge in [0.05, 0.1) is 18.3 Å². The van der Waals surface area contributed by atoms with Gasteiger partial charge in [-0.25, -0.2) is 13.2 Å². The maximum absolute atomic E-state index is 11.7. The van der Waals surface area contributed by atoms with Crippen molar-refractivity contribution >= 4 is 21.7 Å². The topological polar surface area (TPSA) is 110 Å². The first-order valence-corrected chi connectivity index (χ1v) is 7.64. The fraction of sp³-hybridized carbons (Fsp3) is 0.800. The molecule has 1 heterocycles. The van der Waals surface area contributed by atoms with Crippen molar-refractivity contribution in [3.63, 3.8) is 0 Å². The number of carbonyl (C=O) groups excluding carboxylic acids is 1. The van der Waals surface area contributed by atoms with Crippen molar-refractivity contribution in [1.29, 1.82) is 0 Å². The van der Waals surface area contributed by atoms with E-state index in [1.54, 1.807) is 0 Å². The van der Waals surface area contributed by atoms with Gasteiger partial charge in [-0.1, -0.05) is 0 Å². The Balaban J connectivity index is 2.51. The van der Waals surface area contributed by atoms with Crippen LogP contribution in [0.1, 0.15) is 12.8 Å². The second kappa shape index (κ2) is 6.14. The van der Waals surface area contributed by atoms with Crippen molar-refractivity contribution in [2.45, 2.75) is 18.9 Å². The molecule has 0 aromatic heterocycles. The van der Waals surface area contributed by atoms with Crippen LogP contribution in [0.5, 0.6) is 0 Å². The average Bonchev–Trinajstić information content (AvgIpc) is 2.75. The molecule has 0 radical (unpaired) electrons. The molecule has 0 bridgehead atoms. The molecule has 104 valence electrons. The first kappa shape index (κ1) is 14.9. The number of carboxylic acid groups (broad SMARTS) is 1. The maximum Gasteiger partial charge on any atom is 0.326 e. The summed E-state index contributed by atoms with van der Waals surface area (Å²) >= 11 is 0. The SMILES string of the molecule is CS(=O)(=O)CCC(NC(=O)C1CCOC1)C(=O)O. The summed E-state index contributed by atoms with van der Waals surface area (Å²) in [6.07, 6.45) is 1.45. The second-order valence-electron chi connectivity index (χ2n) is 4.38. The normalized spacial score (nSPS) is 21.5. The number of aliphatic carboxylic acids is 1. The third-order valence-corrected chi connectivity index (χ3v) is 3.67. The van der Waals surface area contributed by atoms with E-state index in [4.69, 9.17) is 9.84 Å². The molecule has 8 heteroatoms. The smallest absolute Gasteiger partial charge is 0.326 e. The molecule has 2 N–H and O–H groups in total. The molecule has 0 saturated carbocycles. The molecule has 18 heavy (non-hydrogen) atoms. The number of sulfone groups is 1. The van der Waals surface area contributed by atoms with E-state index in [1.807, 2.05) is 0 Å². The number of carbonyl (C=O) groups is 2. The van der Waals surface area contributed by atoms with Gasteiger partial charge in [0.2, 0.25) is 5.91 Å². The lowest BCUT2D eigenvalue weighted by Crippen LogP contribution is -2.44. The Bertz CT molecular complexity index is 412. The predicted molar refractivity (Wildman–Crippen MR) is 62.8 cm³/mol. The summed E-state index contributed by atoms with van der Waals surface area (Å²) in [5.74, 6) is -2.24. The number of hydrogen-bond donors (Lipinski definition) is 2. The molecule has 1 rings (SSSR count). The van der Waals surface area contributed by atoms with Crippen molar-refractivity contribution in [2.75, 3.05) is 25.2 Å². The number of ether oxygens (including phenoxy) is 1. The fourth-order valence-corrected chi connectivity index (χ4v) is 2.28. The van der Waals surface area contributed by atoms with E-state index in [0.29, 0.717) is 13.0 Å². The van der Waals surface area contributed by atoms with Crippen LogP contribution in [0.3, 0.4) is 0 Å². The average molecular weight is 279 g/mol. The van der Waals surface area contributed by atoms with Crippen molar-refractivity contribution in [1.82, 2.24) is 5.32 Å². The highest BCUT2D eigenvalue weighted by Gasteiger charge is 2.28. The Hall–Kier alpha value is -1.15. The number of hydrogen-bond acceptors (Lipinski definition) is 5. The lowest BCUT2D eigenvalue weighted by molar-refractivity contribution is -0.142. The van der Waals surface area contributed by atoms with Crippen LogP contribution in [-0.4, -0.2) is 56.7 Å².